The van der Waals surface area contributed by atoms with Gasteiger partial charge in [0, 0.05) is 23.9 Å². The Morgan fingerprint density at radius 2 is 2.17 bits per heavy atom. The molecule has 1 atom stereocenters. The smallest absolute Gasteiger partial charge is 0.227 e. The lowest BCUT2D eigenvalue weighted by Gasteiger charge is -2.25. The molecule has 4 heteroatoms. The third-order valence-corrected chi connectivity index (χ3v) is 6.06. The molecule has 124 valence electrons. The first-order valence-corrected chi connectivity index (χ1v) is 9.00. The molecule has 1 aliphatic carbocycles. The van der Waals surface area contributed by atoms with Gasteiger partial charge in [0.1, 0.15) is 5.82 Å². The number of hydrogen-bond donors (Lipinski definition) is 1. The van der Waals surface area contributed by atoms with E-state index in [9.17, 15) is 9.18 Å². The number of hydrogen-bond acceptors (Lipinski definition) is 2. The van der Waals surface area contributed by atoms with Crippen molar-refractivity contribution in [2.45, 2.75) is 50.4 Å². The molecule has 2 fully saturated rings. The zero-order valence-electron chi connectivity index (χ0n) is 13.6. The van der Waals surface area contributed by atoms with Crippen LogP contribution in [0.3, 0.4) is 0 Å². The van der Waals surface area contributed by atoms with E-state index in [2.05, 4.69) is 5.32 Å². The SMILES string of the molecule is O=C(CCC1CCNC1)N1CC2(CCCC2)c2c(F)cccc21. The van der Waals surface area contributed by atoms with Crippen molar-refractivity contribution >= 4 is 11.6 Å². The lowest BCUT2D eigenvalue weighted by molar-refractivity contribution is -0.118. The highest BCUT2D eigenvalue weighted by atomic mass is 19.1. The zero-order valence-corrected chi connectivity index (χ0v) is 13.6. The van der Waals surface area contributed by atoms with E-state index < -0.39 is 0 Å². The average Bonchev–Trinajstić information content (AvgIpc) is 3.28. The fraction of sp³-hybridized carbons (Fsp3) is 0.632. The molecule has 0 radical (unpaired) electrons. The number of rotatable bonds is 3. The Labute approximate surface area is 137 Å². The second-order valence-electron chi connectivity index (χ2n) is 7.50. The number of nitrogens with one attached hydrogen (secondary N) is 1. The van der Waals surface area contributed by atoms with Crippen molar-refractivity contribution in [2.75, 3.05) is 24.5 Å². The summed E-state index contributed by atoms with van der Waals surface area (Å²) in [4.78, 5) is 14.7. The number of carbonyl (C=O) groups is 1. The molecule has 1 aromatic rings. The second kappa shape index (κ2) is 5.90. The van der Waals surface area contributed by atoms with Gasteiger partial charge >= 0.3 is 0 Å². The van der Waals surface area contributed by atoms with Crippen LogP contribution >= 0.6 is 0 Å². The first-order valence-electron chi connectivity index (χ1n) is 9.00. The molecule has 3 aliphatic rings. The lowest BCUT2D eigenvalue weighted by atomic mass is 9.80. The molecule has 4 rings (SSSR count). The molecule has 1 saturated heterocycles. The summed E-state index contributed by atoms with van der Waals surface area (Å²) in [7, 11) is 0. The highest BCUT2D eigenvalue weighted by Crippen LogP contribution is 2.51. The normalized spacial score (nSPS) is 25.3. The summed E-state index contributed by atoms with van der Waals surface area (Å²) in [5.74, 6) is 0.668. The predicted octanol–water partition coefficient (Wildman–Crippen LogP) is 3.37. The summed E-state index contributed by atoms with van der Waals surface area (Å²) >= 11 is 0. The fourth-order valence-electron chi connectivity index (χ4n) is 4.84. The fourth-order valence-corrected chi connectivity index (χ4v) is 4.84. The Morgan fingerprint density at radius 1 is 1.35 bits per heavy atom. The third-order valence-electron chi connectivity index (χ3n) is 6.06. The summed E-state index contributed by atoms with van der Waals surface area (Å²) in [6, 6.07) is 5.22. The number of halogens is 1. The average molecular weight is 316 g/mol. The Kier molecular flexibility index (Phi) is 3.88. The van der Waals surface area contributed by atoms with Crippen LogP contribution in [0.4, 0.5) is 10.1 Å². The van der Waals surface area contributed by atoms with Gasteiger partial charge in [-0.3, -0.25) is 4.79 Å². The van der Waals surface area contributed by atoms with Gasteiger partial charge < -0.3 is 10.2 Å². The van der Waals surface area contributed by atoms with Gasteiger partial charge in [0.15, 0.2) is 0 Å². The van der Waals surface area contributed by atoms with E-state index in [4.69, 9.17) is 0 Å². The largest absolute Gasteiger partial charge is 0.316 e. The van der Waals surface area contributed by atoms with Gasteiger partial charge in [-0.25, -0.2) is 4.39 Å². The Bertz CT molecular complexity index is 603. The molecule has 0 bridgehead atoms. The van der Waals surface area contributed by atoms with Crippen molar-refractivity contribution in [3.05, 3.63) is 29.6 Å². The molecule has 2 heterocycles. The first-order chi connectivity index (χ1) is 11.2. The van der Waals surface area contributed by atoms with Crippen LogP contribution in [0, 0.1) is 11.7 Å². The van der Waals surface area contributed by atoms with Crippen LogP contribution in [-0.4, -0.2) is 25.5 Å². The molecule has 1 N–H and O–H groups in total. The molecule has 1 spiro atoms. The monoisotopic (exact) mass is 316 g/mol. The molecule has 1 unspecified atom stereocenters. The van der Waals surface area contributed by atoms with E-state index in [0.29, 0.717) is 18.9 Å². The van der Waals surface area contributed by atoms with E-state index in [0.717, 1.165) is 56.4 Å². The van der Waals surface area contributed by atoms with Crippen molar-refractivity contribution in [1.29, 1.82) is 0 Å². The van der Waals surface area contributed by atoms with Crippen LogP contribution in [0.2, 0.25) is 0 Å². The Balaban J connectivity index is 1.55. The third kappa shape index (κ3) is 2.57. The maximum atomic E-state index is 14.5. The molecule has 1 saturated carbocycles. The van der Waals surface area contributed by atoms with E-state index in [1.54, 1.807) is 12.1 Å². The van der Waals surface area contributed by atoms with Crippen LogP contribution in [-0.2, 0) is 10.2 Å². The van der Waals surface area contributed by atoms with Crippen molar-refractivity contribution in [3.8, 4) is 0 Å². The van der Waals surface area contributed by atoms with Crippen LogP contribution in [0.15, 0.2) is 18.2 Å². The molecule has 3 nitrogen and oxygen atoms in total. The number of nitrogens with zero attached hydrogens (tertiary/aromatic N) is 1. The summed E-state index contributed by atoms with van der Waals surface area (Å²) < 4.78 is 14.5. The van der Waals surface area contributed by atoms with Crippen molar-refractivity contribution in [1.82, 2.24) is 5.32 Å². The predicted molar refractivity (Wildman–Crippen MR) is 89.1 cm³/mol. The quantitative estimate of drug-likeness (QED) is 0.927. The highest BCUT2D eigenvalue weighted by Gasteiger charge is 2.47. The summed E-state index contributed by atoms with van der Waals surface area (Å²) in [6.07, 6.45) is 7.00. The van der Waals surface area contributed by atoms with Gasteiger partial charge in [0.05, 0.1) is 5.69 Å². The first kappa shape index (κ1) is 15.1. The number of anilines is 1. The molecular weight excluding hydrogens is 291 g/mol. The molecule has 1 amide bonds. The Hall–Kier alpha value is -1.42. The van der Waals surface area contributed by atoms with Gasteiger partial charge in [-0.05, 0) is 56.8 Å². The number of fused-ring (bicyclic) bond motifs is 2. The van der Waals surface area contributed by atoms with Gasteiger partial charge in [0.25, 0.3) is 0 Å². The van der Waals surface area contributed by atoms with E-state index in [1.807, 2.05) is 11.0 Å². The molecule has 1 aromatic carbocycles. The maximum absolute atomic E-state index is 14.5. The number of amides is 1. The van der Waals surface area contributed by atoms with Gasteiger partial charge in [-0.1, -0.05) is 18.9 Å². The second-order valence-corrected chi connectivity index (χ2v) is 7.50. The van der Waals surface area contributed by atoms with Crippen LogP contribution in [0.5, 0.6) is 0 Å². The summed E-state index contributed by atoms with van der Waals surface area (Å²) in [5, 5.41) is 3.35. The minimum Gasteiger partial charge on any atom is -0.316 e. The molecule has 2 aliphatic heterocycles. The standard InChI is InChI=1S/C19H25FN2O/c20-15-4-3-5-16-18(15)19(9-1-2-10-19)13-22(16)17(23)7-6-14-8-11-21-12-14/h3-5,14,21H,1-2,6-13H2. The Morgan fingerprint density at radius 3 is 2.91 bits per heavy atom. The molecule has 23 heavy (non-hydrogen) atoms. The van der Waals surface area contributed by atoms with E-state index in [-0.39, 0.29) is 17.1 Å². The lowest BCUT2D eigenvalue weighted by Crippen LogP contribution is -2.35. The minimum atomic E-state index is -0.125. The van der Waals surface area contributed by atoms with Crippen LogP contribution in [0.1, 0.15) is 50.5 Å². The van der Waals surface area contributed by atoms with Gasteiger partial charge in [-0.15, -0.1) is 0 Å². The van der Waals surface area contributed by atoms with Crippen molar-refractivity contribution in [2.24, 2.45) is 5.92 Å². The molecular formula is C19H25FN2O. The van der Waals surface area contributed by atoms with Crippen LogP contribution < -0.4 is 10.2 Å². The molecule has 0 aromatic heterocycles. The topological polar surface area (TPSA) is 32.3 Å². The zero-order chi connectivity index (χ0) is 15.9. The van der Waals surface area contributed by atoms with Crippen LogP contribution in [0.25, 0.3) is 0 Å². The summed E-state index contributed by atoms with van der Waals surface area (Å²) in [6.45, 7) is 2.78. The van der Waals surface area contributed by atoms with E-state index in [1.165, 1.54) is 6.42 Å². The van der Waals surface area contributed by atoms with Crippen molar-refractivity contribution < 1.29 is 9.18 Å². The highest BCUT2D eigenvalue weighted by molar-refractivity contribution is 5.96. The number of carbonyl (C=O) groups excluding carboxylic acids is 1. The van der Waals surface area contributed by atoms with Gasteiger partial charge in [0.2, 0.25) is 5.91 Å². The minimum absolute atomic E-state index is 0.120. The maximum Gasteiger partial charge on any atom is 0.227 e. The van der Waals surface area contributed by atoms with Crippen molar-refractivity contribution in [3.63, 3.8) is 0 Å². The van der Waals surface area contributed by atoms with E-state index >= 15 is 0 Å². The van der Waals surface area contributed by atoms with Gasteiger partial charge in [-0.2, -0.15) is 0 Å². The number of benzene rings is 1. The summed E-state index contributed by atoms with van der Waals surface area (Å²) in [5.41, 5.74) is 1.53.